The fourth-order valence-corrected chi connectivity index (χ4v) is 3.51. The Labute approximate surface area is 167 Å². The number of nitrogens with zero attached hydrogens (tertiary/aromatic N) is 6. The first-order valence-corrected chi connectivity index (χ1v) is 10.3. The van der Waals surface area contributed by atoms with Gasteiger partial charge in [-0.1, -0.05) is 20.8 Å². The molecule has 2 aromatic rings. The molecule has 1 N–H and O–H groups in total. The molecular formula is C20H33N7O. The van der Waals surface area contributed by atoms with Crippen molar-refractivity contribution in [3.63, 3.8) is 0 Å². The van der Waals surface area contributed by atoms with E-state index in [0.29, 0.717) is 12.5 Å². The van der Waals surface area contributed by atoms with Crippen LogP contribution in [-0.4, -0.2) is 69.8 Å². The van der Waals surface area contributed by atoms with Crippen LogP contribution in [0.15, 0.2) is 34.1 Å². The first kappa shape index (κ1) is 20.4. The molecule has 8 heteroatoms. The minimum absolute atomic E-state index is 0.550. The summed E-state index contributed by atoms with van der Waals surface area (Å²) in [6, 6.07) is 3.87. The topological polar surface area (TPSA) is 74.7 Å². The van der Waals surface area contributed by atoms with Crippen LogP contribution in [0.2, 0.25) is 0 Å². The van der Waals surface area contributed by atoms with E-state index >= 15 is 0 Å². The number of guanidine groups is 1. The van der Waals surface area contributed by atoms with Gasteiger partial charge in [0.25, 0.3) is 0 Å². The number of hydrogen-bond donors (Lipinski definition) is 1. The predicted molar refractivity (Wildman–Crippen MR) is 110 cm³/mol. The number of rotatable bonds is 8. The third-order valence-corrected chi connectivity index (χ3v) is 4.91. The fourth-order valence-electron chi connectivity index (χ4n) is 3.51. The van der Waals surface area contributed by atoms with Gasteiger partial charge in [-0.15, -0.1) is 10.2 Å². The Kier molecular flexibility index (Phi) is 7.47. The van der Waals surface area contributed by atoms with Gasteiger partial charge in [-0.25, -0.2) is 4.99 Å². The normalized spacial score (nSPS) is 16.1. The fraction of sp³-hybridized carbons (Fsp3) is 0.650. The monoisotopic (exact) mass is 387 g/mol. The molecule has 0 aromatic carbocycles. The minimum atomic E-state index is 0.550. The maximum Gasteiger partial charge on any atom is 0.194 e. The highest BCUT2D eigenvalue weighted by atomic mass is 16.3. The Balaban J connectivity index is 1.58. The Morgan fingerprint density at radius 3 is 2.79 bits per heavy atom. The van der Waals surface area contributed by atoms with Crippen LogP contribution in [0, 0.1) is 5.92 Å². The molecule has 1 aliphatic rings. The maximum atomic E-state index is 5.44. The Hall–Kier alpha value is -2.35. The Morgan fingerprint density at radius 2 is 2.11 bits per heavy atom. The van der Waals surface area contributed by atoms with E-state index in [-0.39, 0.29) is 0 Å². The highest BCUT2D eigenvalue weighted by Crippen LogP contribution is 2.07. The number of furan rings is 1. The van der Waals surface area contributed by atoms with E-state index < -0.39 is 0 Å². The Bertz CT molecular complexity index is 715. The third kappa shape index (κ3) is 5.82. The summed E-state index contributed by atoms with van der Waals surface area (Å²) in [7, 11) is 0. The van der Waals surface area contributed by atoms with Gasteiger partial charge in [0.15, 0.2) is 5.96 Å². The molecule has 3 rings (SSSR count). The van der Waals surface area contributed by atoms with Crippen molar-refractivity contribution in [2.24, 2.45) is 10.9 Å². The zero-order valence-corrected chi connectivity index (χ0v) is 17.3. The lowest BCUT2D eigenvalue weighted by Crippen LogP contribution is -2.53. The largest absolute Gasteiger partial charge is 0.467 e. The van der Waals surface area contributed by atoms with Crippen LogP contribution in [0.25, 0.3) is 0 Å². The van der Waals surface area contributed by atoms with E-state index in [9.17, 15) is 0 Å². The van der Waals surface area contributed by atoms with Crippen LogP contribution >= 0.6 is 0 Å². The second kappa shape index (κ2) is 10.3. The quantitative estimate of drug-likeness (QED) is 0.550. The SMILES string of the molecule is CCc1nncn1CCNC(=NCc1ccco1)N1CCN(CC(C)C)CC1. The number of aromatic nitrogens is 3. The van der Waals surface area contributed by atoms with Gasteiger partial charge in [-0.2, -0.15) is 0 Å². The molecule has 28 heavy (non-hydrogen) atoms. The van der Waals surface area contributed by atoms with Crippen LogP contribution in [0.1, 0.15) is 32.4 Å². The zero-order chi connectivity index (χ0) is 19.8. The van der Waals surface area contributed by atoms with Crippen molar-refractivity contribution in [1.29, 1.82) is 0 Å². The number of aryl methyl sites for hydroxylation is 1. The van der Waals surface area contributed by atoms with Crippen molar-refractivity contribution >= 4 is 5.96 Å². The van der Waals surface area contributed by atoms with Crippen LogP contribution in [0.3, 0.4) is 0 Å². The molecule has 1 aliphatic heterocycles. The summed E-state index contributed by atoms with van der Waals surface area (Å²) in [5, 5.41) is 11.7. The molecule has 8 nitrogen and oxygen atoms in total. The van der Waals surface area contributed by atoms with Gasteiger partial charge >= 0.3 is 0 Å². The molecule has 0 bridgehead atoms. The lowest BCUT2D eigenvalue weighted by molar-refractivity contribution is 0.163. The minimum Gasteiger partial charge on any atom is -0.467 e. The van der Waals surface area contributed by atoms with E-state index in [0.717, 1.165) is 69.8 Å². The summed E-state index contributed by atoms with van der Waals surface area (Å²) in [5.41, 5.74) is 0. The summed E-state index contributed by atoms with van der Waals surface area (Å²) in [4.78, 5) is 9.71. The van der Waals surface area contributed by atoms with Gasteiger partial charge in [-0.05, 0) is 18.1 Å². The highest BCUT2D eigenvalue weighted by Gasteiger charge is 2.20. The summed E-state index contributed by atoms with van der Waals surface area (Å²) in [6.07, 6.45) is 4.38. The third-order valence-electron chi connectivity index (χ3n) is 4.91. The van der Waals surface area contributed by atoms with Crippen molar-refractivity contribution in [3.05, 3.63) is 36.3 Å². The maximum absolute atomic E-state index is 5.44. The molecule has 0 aliphatic carbocycles. The van der Waals surface area contributed by atoms with Gasteiger partial charge in [0.1, 0.15) is 24.5 Å². The molecule has 3 heterocycles. The molecule has 0 spiro atoms. The molecule has 154 valence electrons. The smallest absolute Gasteiger partial charge is 0.194 e. The molecule has 0 radical (unpaired) electrons. The average Bonchev–Trinajstić information content (AvgIpc) is 3.36. The molecule has 0 unspecified atom stereocenters. The van der Waals surface area contributed by atoms with Crippen molar-refractivity contribution in [2.45, 2.75) is 40.3 Å². The average molecular weight is 388 g/mol. The number of aliphatic imine (C=N–C) groups is 1. The summed E-state index contributed by atoms with van der Waals surface area (Å²) >= 11 is 0. The lowest BCUT2D eigenvalue weighted by atomic mass is 10.2. The van der Waals surface area contributed by atoms with Crippen LogP contribution in [0.4, 0.5) is 0 Å². The van der Waals surface area contributed by atoms with E-state index in [1.807, 2.05) is 12.1 Å². The van der Waals surface area contributed by atoms with Crippen molar-refractivity contribution in [1.82, 2.24) is 29.9 Å². The second-order valence-electron chi connectivity index (χ2n) is 7.62. The Morgan fingerprint density at radius 1 is 1.29 bits per heavy atom. The van der Waals surface area contributed by atoms with Crippen molar-refractivity contribution < 1.29 is 4.42 Å². The predicted octanol–water partition coefficient (Wildman–Crippen LogP) is 1.85. The first-order chi connectivity index (χ1) is 13.7. The zero-order valence-electron chi connectivity index (χ0n) is 17.3. The van der Waals surface area contributed by atoms with Gasteiger partial charge in [0.05, 0.1) is 6.26 Å². The van der Waals surface area contributed by atoms with Gasteiger partial charge in [0, 0.05) is 52.2 Å². The molecule has 0 saturated carbocycles. The highest BCUT2D eigenvalue weighted by molar-refractivity contribution is 5.80. The van der Waals surface area contributed by atoms with Crippen LogP contribution in [-0.2, 0) is 19.5 Å². The van der Waals surface area contributed by atoms with Crippen LogP contribution < -0.4 is 5.32 Å². The molecule has 1 saturated heterocycles. The summed E-state index contributed by atoms with van der Waals surface area (Å²) in [6.45, 7) is 14.1. The van der Waals surface area contributed by atoms with E-state index in [2.05, 4.69) is 50.7 Å². The van der Waals surface area contributed by atoms with Crippen molar-refractivity contribution in [3.8, 4) is 0 Å². The molecular weight excluding hydrogens is 354 g/mol. The molecule has 0 atom stereocenters. The van der Waals surface area contributed by atoms with Gasteiger partial charge in [-0.3, -0.25) is 4.90 Å². The first-order valence-electron chi connectivity index (χ1n) is 10.3. The van der Waals surface area contributed by atoms with Gasteiger partial charge < -0.3 is 19.2 Å². The van der Waals surface area contributed by atoms with Crippen LogP contribution in [0.5, 0.6) is 0 Å². The van der Waals surface area contributed by atoms with Crippen molar-refractivity contribution in [2.75, 3.05) is 39.3 Å². The van der Waals surface area contributed by atoms with Gasteiger partial charge in [0.2, 0.25) is 0 Å². The number of piperazine rings is 1. The standard InChI is InChI=1S/C20H33N7O/c1-4-19-24-23-16-27(19)8-7-21-20(22-14-18-6-5-13-28-18)26-11-9-25(10-12-26)15-17(2)3/h5-6,13,16-17H,4,7-12,14-15H2,1-3H3,(H,21,22). The van der Waals surface area contributed by atoms with E-state index in [1.54, 1.807) is 12.6 Å². The molecule has 1 fully saturated rings. The number of hydrogen-bond acceptors (Lipinski definition) is 5. The van der Waals surface area contributed by atoms with E-state index in [4.69, 9.17) is 9.41 Å². The van der Waals surface area contributed by atoms with E-state index in [1.165, 1.54) is 0 Å². The summed E-state index contributed by atoms with van der Waals surface area (Å²) < 4.78 is 7.54. The number of nitrogens with one attached hydrogen (secondary N) is 1. The summed E-state index contributed by atoms with van der Waals surface area (Å²) in [5.74, 6) is 3.54. The molecule has 2 aromatic heterocycles. The second-order valence-corrected chi connectivity index (χ2v) is 7.62. The molecule has 0 amide bonds. The lowest BCUT2D eigenvalue weighted by Gasteiger charge is -2.37.